The molecule has 0 aliphatic heterocycles. The molecule has 0 amide bonds. The Morgan fingerprint density at radius 1 is 1.11 bits per heavy atom. The Kier molecular flexibility index (Phi) is 5.00. The Morgan fingerprint density at radius 3 is 2.50 bits per heavy atom. The summed E-state index contributed by atoms with van der Waals surface area (Å²) in [6, 6.07) is 9.52. The van der Waals surface area contributed by atoms with Gasteiger partial charge in [-0.05, 0) is 58.1 Å². The molecule has 0 spiro atoms. The highest BCUT2D eigenvalue weighted by Crippen LogP contribution is 2.22. The van der Waals surface area contributed by atoms with Gasteiger partial charge in [0.25, 0.3) is 0 Å². The summed E-state index contributed by atoms with van der Waals surface area (Å²) in [5.41, 5.74) is 4.44. The van der Waals surface area contributed by atoms with Crippen molar-refractivity contribution >= 4 is 0 Å². The minimum atomic E-state index is 0.581. The third-order valence-electron chi connectivity index (χ3n) is 3.90. The normalized spacial score (nSPS) is 17.3. The third-order valence-corrected chi connectivity index (χ3v) is 3.90. The van der Waals surface area contributed by atoms with E-state index in [9.17, 15) is 0 Å². The molecule has 0 heterocycles. The van der Waals surface area contributed by atoms with E-state index in [2.05, 4.69) is 49.6 Å². The van der Waals surface area contributed by atoms with Gasteiger partial charge in [0.05, 0.1) is 0 Å². The first kappa shape index (κ1) is 13.4. The second kappa shape index (κ2) is 6.75. The highest BCUT2D eigenvalue weighted by molar-refractivity contribution is 5.22. The number of benzene rings is 1. The lowest BCUT2D eigenvalue weighted by atomic mass is 9.92. The van der Waals surface area contributed by atoms with Crippen LogP contribution >= 0.6 is 0 Å². The summed E-state index contributed by atoms with van der Waals surface area (Å²) < 4.78 is 0. The van der Waals surface area contributed by atoms with Gasteiger partial charge in [-0.25, -0.2) is 0 Å². The fourth-order valence-electron chi connectivity index (χ4n) is 2.69. The lowest BCUT2D eigenvalue weighted by Gasteiger charge is -2.20. The van der Waals surface area contributed by atoms with Crippen LogP contribution in [0.25, 0.3) is 0 Å². The Hall–Kier alpha value is -1.08. The highest BCUT2D eigenvalue weighted by atomic mass is 14.9. The van der Waals surface area contributed by atoms with Gasteiger partial charge < -0.3 is 5.32 Å². The molecule has 1 aromatic carbocycles. The molecule has 1 aromatic rings. The molecule has 1 atom stereocenters. The van der Waals surface area contributed by atoms with Gasteiger partial charge in [0.15, 0.2) is 0 Å². The second-order valence-electron chi connectivity index (χ2n) is 5.49. The van der Waals surface area contributed by atoms with E-state index in [-0.39, 0.29) is 0 Å². The average molecular weight is 243 g/mol. The van der Waals surface area contributed by atoms with Crippen LogP contribution in [-0.2, 0) is 6.42 Å². The van der Waals surface area contributed by atoms with Crippen LogP contribution in [0.2, 0.25) is 0 Å². The molecule has 1 heteroatoms. The molecule has 0 aromatic heterocycles. The maximum atomic E-state index is 3.47. The Morgan fingerprint density at radius 2 is 1.89 bits per heavy atom. The van der Waals surface area contributed by atoms with Crippen molar-refractivity contribution in [2.24, 2.45) is 0 Å². The summed E-state index contributed by atoms with van der Waals surface area (Å²) in [5.74, 6) is 0. The van der Waals surface area contributed by atoms with E-state index in [0.29, 0.717) is 6.04 Å². The smallest absolute Gasteiger partial charge is 0.0142 e. The molecular weight excluding hydrogens is 218 g/mol. The SMILES string of the molecule is CNC(CC1=CCCCC1)Cc1ccc(C)cc1. The lowest BCUT2D eigenvalue weighted by Crippen LogP contribution is -2.28. The summed E-state index contributed by atoms with van der Waals surface area (Å²) in [5, 5.41) is 3.47. The maximum absolute atomic E-state index is 3.47. The molecule has 1 aliphatic carbocycles. The highest BCUT2D eigenvalue weighted by Gasteiger charge is 2.11. The summed E-state index contributed by atoms with van der Waals surface area (Å²) in [7, 11) is 2.09. The largest absolute Gasteiger partial charge is 0.316 e. The number of hydrogen-bond acceptors (Lipinski definition) is 1. The Bertz CT molecular complexity index is 389. The Labute approximate surface area is 111 Å². The fourth-order valence-corrected chi connectivity index (χ4v) is 2.69. The van der Waals surface area contributed by atoms with Crippen molar-refractivity contribution in [3.05, 3.63) is 47.0 Å². The van der Waals surface area contributed by atoms with Gasteiger partial charge in [-0.3, -0.25) is 0 Å². The number of nitrogens with one attached hydrogen (secondary N) is 1. The van der Waals surface area contributed by atoms with Gasteiger partial charge in [0.1, 0.15) is 0 Å². The summed E-state index contributed by atoms with van der Waals surface area (Å²) >= 11 is 0. The van der Waals surface area contributed by atoms with Gasteiger partial charge in [0.2, 0.25) is 0 Å². The van der Waals surface area contributed by atoms with E-state index in [1.54, 1.807) is 5.57 Å². The van der Waals surface area contributed by atoms with Crippen LogP contribution in [-0.4, -0.2) is 13.1 Å². The van der Waals surface area contributed by atoms with Crippen molar-refractivity contribution in [3.63, 3.8) is 0 Å². The molecule has 18 heavy (non-hydrogen) atoms. The maximum Gasteiger partial charge on any atom is 0.0142 e. The van der Waals surface area contributed by atoms with Gasteiger partial charge in [-0.1, -0.05) is 41.5 Å². The van der Waals surface area contributed by atoms with Crippen LogP contribution in [0.5, 0.6) is 0 Å². The number of likely N-dealkylation sites (N-methyl/N-ethyl adjacent to an activating group) is 1. The van der Waals surface area contributed by atoms with Crippen molar-refractivity contribution in [2.45, 2.75) is 51.5 Å². The molecule has 0 saturated heterocycles. The number of rotatable bonds is 5. The summed E-state index contributed by atoms with van der Waals surface area (Å²) in [6.45, 7) is 2.15. The van der Waals surface area contributed by atoms with E-state index in [0.717, 1.165) is 6.42 Å². The molecular formula is C17H25N. The molecule has 0 bridgehead atoms. The van der Waals surface area contributed by atoms with Gasteiger partial charge in [0, 0.05) is 6.04 Å². The summed E-state index contributed by atoms with van der Waals surface area (Å²) in [4.78, 5) is 0. The molecule has 1 unspecified atom stereocenters. The predicted molar refractivity (Wildman–Crippen MR) is 78.9 cm³/mol. The quantitative estimate of drug-likeness (QED) is 0.770. The van der Waals surface area contributed by atoms with Gasteiger partial charge in [-0.2, -0.15) is 0 Å². The predicted octanol–water partition coefficient (Wildman–Crippen LogP) is 4.02. The topological polar surface area (TPSA) is 12.0 Å². The van der Waals surface area contributed by atoms with E-state index in [4.69, 9.17) is 0 Å². The second-order valence-corrected chi connectivity index (χ2v) is 5.49. The van der Waals surface area contributed by atoms with Crippen LogP contribution in [0.4, 0.5) is 0 Å². The fraction of sp³-hybridized carbons (Fsp3) is 0.529. The van der Waals surface area contributed by atoms with Crippen LogP contribution in [0, 0.1) is 6.92 Å². The summed E-state index contributed by atoms with van der Waals surface area (Å²) in [6.07, 6.45) is 10.2. The van der Waals surface area contributed by atoms with E-state index < -0.39 is 0 Å². The van der Waals surface area contributed by atoms with Crippen molar-refractivity contribution in [3.8, 4) is 0 Å². The number of hydrogen-bond donors (Lipinski definition) is 1. The van der Waals surface area contributed by atoms with Crippen LogP contribution < -0.4 is 5.32 Å². The number of allylic oxidation sites excluding steroid dienone is 1. The first-order chi connectivity index (χ1) is 8.78. The molecule has 1 nitrogen and oxygen atoms in total. The van der Waals surface area contributed by atoms with Gasteiger partial charge in [-0.15, -0.1) is 0 Å². The molecule has 0 radical (unpaired) electrons. The molecule has 1 N–H and O–H groups in total. The number of aryl methyl sites for hydroxylation is 1. The zero-order valence-corrected chi connectivity index (χ0v) is 11.7. The minimum absolute atomic E-state index is 0.581. The van der Waals surface area contributed by atoms with E-state index in [1.165, 1.54) is 43.2 Å². The minimum Gasteiger partial charge on any atom is -0.316 e. The monoisotopic (exact) mass is 243 g/mol. The third kappa shape index (κ3) is 3.99. The average Bonchev–Trinajstić information content (AvgIpc) is 2.41. The molecule has 2 rings (SSSR count). The van der Waals surface area contributed by atoms with Crippen LogP contribution in [0.3, 0.4) is 0 Å². The van der Waals surface area contributed by atoms with Crippen LogP contribution in [0.15, 0.2) is 35.9 Å². The van der Waals surface area contributed by atoms with Crippen LogP contribution in [0.1, 0.15) is 43.2 Å². The standard InChI is InChI=1S/C17H25N/c1-14-8-10-16(11-9-14)13-17(18-2)12-15-6-4-3-5-7-15/h6,8-11,17-18H,3-5,7,12-13H2,1-2H3. The Balaban J connectivity index is 1.92. The van der Waals surface area contributed by atoms with E-state index >= 15 is 0 Å². The zero-order valence-electron chi connectivity index (χ0n) is 11.7. The zero-order chi connectivity index (χ0) is 12.8. The van der Waals surface area contributed by atoms with Gasteiger partial charge >= 0.3 is 0 Å². The molecule has 98 valence electrons. The van der Waals surface area contributed by atoms with Crippen molar-refractivity contribution in [1.82, 2.24) is 5.32 Å². The van der Waals surface area contributed by atoms with Crippen molar-refractivity contribution in [2.75, 3.05) is 7.05 Å². The van der Waals surface area contributed by atoms with E-state index in [1.807, 2.05) is 0 Å². The first-order valence-corrected chi connectivity index (χ1v) is 7.18. The van der Waals surface area contributed by atoms with Crippen molar-refractivity contribution in [1.29, 1.82) is 0 Å². The molecule has 1 aliphatic rings. The lowest BCUT2D eigenvalue weighted by molar-refractivity contribution is 0.532. The molecule has 0 fully saturated rings. The van der Waals surface area contributed by atoms with Crippen molar-refractivity contribution < 1.29 is 0 Å². The first-order valence-electron chi connectivity index (χ1n) is 7.18. The molecule has 0 saturated carbocycles.